The van der Waals surface area contributed by atoms with Gasteiger partial charge in [0.2, 0.25) is 0 Å². The van der Waals surface area contributed by atoms with Crippen molar-refractivity contribution in [2.45, 2.75) is 58.4 Å². The summed E-state index contributed by atoms with van der Waals surface area (Å²) in [7, 11) is 2.01. The van der Waals surface area contributed by atoms with Crippen molar-refractivity contribution in [3.8, 4) is 0 Å². The van der Waals surface area contributed by atoms with Crippen LogP contribution in [0.15, 0.2) is 18.3 Å². The van der Waals surface area contributed by atoms with Crippen molar-refractivity contribution < 1.29 is 0 Å². The first-order valence-electron chi connectivity index (χ1n) is 8.66. The molecule has 1 aliphatic rings. The van der Waals surface area contributed by atoms with Crippen molar-refractivity contribution in [1.82, 2.24) is 10.3 Å². The largest absolute Gasteiger partial charge is 0.370 e. The van der Waals surface area contributed by atoms with E-state index >= 15 is 0 Å². The second kappa shape index (κ2) is 8.38. The lowest BCUT2D eigenvalue weighted by atomic mass is 9.96. The van der Waals surface area contributed by atoms with Crippen LogP contribution in [0.25, 0.3) is 0 Å². The maximum Gasteiger partial charge on any atom is 0.0574 e. The normalized spacial score (nSPS) is 21.1. The number of hydrogen-bond donors (Lipinski definition) is 1. The zero-order chi connectivity index (χ0) is 15.1. The molecule has 0 bridgehead atoms. The van der Waals surface area contributed by atoms with Gasteiger partial charge in [-0.2, -0.15) is 0 Å². The molecule has 21 heavy (non-hydrogen) atoms. The van der Waals surface area contributed by atoms with Gasteiger partial charge in [-0.15, -0.1) is 0 Å². The molecule has 0 saturated carbocycles. The fraction of sp³-hybridized carbons (Fsp3) is 0.722. The van der Waals surface area contributed by atoms with Crippen LogP contribution < -0.4 is 10.2 Å². The lowest BCUT2D eigenvalue weighted by molar-refractivity contribution is 0.435. The molecule has 1 aromatic heterocycles. The molecule has 118 valence electrons. The average molecular weight is 289 g/mol. The van der Waals surface area contributed by atoms with Gasteiger partial charge in [-0.3, -0.25) is 4.98 Å². The molecule has 1 fully saturated rings. The fourth-order valence-electron chi connectivity index (χ4n) is 3.47. The molecule has 3 nitrogen and oxygen atoms in total. The SMILES string of the molecule is CCCC1CCCN(c2ccc(C(CC)NC)nc2)CC1. The molecule has 2 heterocycles. The van der Waals surface area contributed by atoms with Gasteiger partial charge in [0.15, 0.2) is 0 Å². The van der Waals surface area contributed by atoms with Crippen LogP contribution in [0.4, 0.5) is 5.69 Å². The summed E-state index contributed by atoms with van der Waals surface area (Å²) in [6.07, 6.45) is 9.91. The third-order valence-corrected chi connectivity index (χ3v) is 4.79. The molecule has 2 unspecified atom stereocenters. The molecule has 1 aliphatic heterocycles. The summed E-state index contributed by atoms with van der Waals surface area (Å²) in [5, 5.41) is 3.32. The third-order valence-electron chi connectivity index (χ3n) is 4.79. The number of anilines is 1. The molecule has 2 atom stereocenters. The lowest BCUT2D eigenvalue weighted by Gasteiger charge is -2.23. The topological polar surface area (TPSA) is 28.2 Å². The smallest absolute Gasteiger partial charge is 0.0574 e. The van der Waals surface area contributed by atoms with Crippen molar-refractivity contribution in [3.63, 3.8) is 0 Å². The van der Waals surface area contributed by atoms with E-state index < -0.39 is 0 Å². The van der Waals surface area contributed by atoms with Gasteiger partial charge in [-0.1, -0.05) is 26.7 Å². The van der Waals surface area contributed by atoms with Crippen LogP contribution in [-0.4, -0.2) is 25.1 Å². The molecule has 1 N–H and O–H groups in total. The van der Waals surface area contributed by atoms with E-state index in [1.54, 1.807) is 0 Å². The molecule has 1 saturated heterocycles. The summed E-state index contributed by atoms with van der Waals surface area (Å²) in [6.45, 7) is 6.87. The summed E-state index contributed by atoms with van der Waals surface area (Å²) in [4.78, 5) is 7.20. The first kappa shape index (κ1) is 16.3. The Labute approximate surface area is 130 Å². The van der Waals surface area contributed by atoms with E-state index in [9.17, 15) is 0 Å². The first-order chi connectivity index (χ1) is 10.3. The zero-order valence-electron chi connectivity index (χ0n) is 13.9. The van der Waals surface area contributed by atoms with Crippen LogP contribution in [0.3, 0.4) is 0 Å². The Morgan fingerprint density at radius 1 is 1.29 bits per heavy atom. The van der Waals surface area contributed by atoms with Crippen molar-refractivity contribution in [1.29, 1.82) is 0 Å². The van der Waals surface area contributed by atoms with Crippen molar-refractivity contribution in [3.05, 3.63) is 24.0 Å². The van der Waals surface area contributed by atoms with Crippen LogP contribution in [0.1, 0.15) is 64.1 Å². The standard InChI is InChI=1S/C18H31N3/c1-4-7-15-8-6-12-21(13-11-15)16-9-10-18(20-14-16)17(5-2)19-3/h9-10,14-15,17,19H,4-8,11-13H2,1-3H3. The van der Waals surface area contributed by atoms with Gasteiger partial charge < -0.3 is 10.2 Å². The maximum atomic E-state index is 4.68. The molecular weight excluding hydrogens is 258 g/mol. The van der Waals surface area contributed by atoms with Gasteiger partial charge >= 0.3 is 0 Å². The second-order valence-corrected chi connectivity index (χ2v) is 6.26. The van der Waals surface area contributed by atoms with E-state index in [4.69, 9.17) is 0 Å². The van der Waals surface area contributed by atoms with Crippen molar-refractivity contribution in [2.75, 3.05) is 25.0 Å². The van der Waals surface area contributed by atoms with Gasteiger partial charge in [-0.25, -0.2) is 0 Å². The fourth-order valence-corrected chi connectivity index (χ4v) is 3.47. The molecule has 2 rings (SSSR count). The van der Waals surface area contributed by atoms with Crippen molar-refractivity contribution in [2.24, 2.45) is 5.92 Å². The molecule has 3 heteroatoms. The number of hydrogen-bond acceptors (Lipinski definition) is 3. The Kier molecular flexibility index (Phi) is 6.50. The highest BCUT2D eigenvalue weighted by Crippen LogP contribution is 2.25. The van der Waals surface area contributed by atoms with E-state index in [1.807, 2.05) is 7.05 Å². The van der Waals surface area contributed by atoms with E-state index in [0.717, 1.165) is 18.0 Å². The van der Waals surface area contributed by atoms with E-state index in [1.165, 1.54) is 50.9 Å². The predicted octanol–water partition coefficient (Wildman–Crippen LogP) is 4.16. The Morgan fingerprint density at radius 3 is 2.76 bits per heavy atom. The summed E-state index contributed by atoms with van der Waals surface area (Å²) in [5.41, 5.74) is 2.45. The van der Waals surface area contributed by atoms with E-state index in [-0.39, 0.29) is 0 Å². The summed E-state index contributed by atoms with van der Waals surface area (Å²) in [6, 6.07) is 4.81. The van der Waals surface area contributed by atoms with Gasteiger partial charge in [0.25, 0.3) is 0 Å². The van der Waals surface area contributed by atoms with Gasteiger partial charge in [0.1, 0.15) is 0 Å². The highest BCUT2D eigenvalue weighted by molar-refractivity contribution is 5.45. The zero-order valence-corrected chi connectivity index (χ0v) is 13.9. The first-order valence-corrected chi connectivity index (χ1v) is 8.66. The minimum absolute atomic E-state index is 0.372. The molecule has 0 spiro atoms. The van der Waals surface area contributed by atoms with Gasteiger partial charge in [0, 0.05) is 19.1 Å². The van der Waals surface area contributed by atoms with Gasteiger partial charge in [0.05, 0.1) is 17.6 Å². The summed E-state index contributed by atoms with van der Waals surface area (Å²) in [5.74, 6) is 0.931. The molecule has 0 amide bonds. The molecule has 0 radical (unpaired) electrons. The minimum Gasteiger partial charge on any atom is -0.370 e. The lowest BCUT2D eigenvalue weighted by Crippen LogP contribution is -2.24. The monoisotopic (exact) mass is 289 g/mol. The molecule has 1 aromatic rings. The van der Waals surface area contributed by atoms with E-state index in [0.29, 0.717) is 6.04 Å². The Morgan fingerprint density at radius 2 is 2.14 bits per heavy atom. The van der Waals surface area contributed by atoms with Crippen LogP contribution in [0.2, 0.25) is 0 Å². The Balaban J connectivity index is 1.98. The summed E-state index contributed by atoms with van der Waals surface area (Å²) < 4.78 is 0. The highest BCUT2D eigenvalue weighted by Gasteiger charge is 2.17. The number of nitrogens with one attached hydrogen (secondary N) is 1. The number of nitrogens with zero attached hydrogens (tertiary/aromatic N) is 2. The van der Waals surface area contributed by atoms with Crippen LogP contribution in [0, 0.1) is 5.92 Å². The number of rotatable bonds is 6. The number of pyridine rings is 1. The van der Waals surface area contributed by atoms with E-state index in [2.05, 4.69) is 47.4 Å². The average Bonchev–Trinajstić information content (AvgIpc) is 2.75. The molecule has 0 aromatic carbocycles. The summed E-state index contributed by atoms with van der Waals surface area (Å²) >= 11 is 0. The third kappa shape index (κ3) is 4.44. The minimum atomic E-state index is 0.372. The van der Waals surface area contributed by atoms with Crippen LogP contribution in [0.5, 0.6) is 0 Å². The maximum absolute atomic E-state index is 4.68. The van der Waals surface area contributed by atoms with Crippen LogP contribution in [-0.2, 0) is 0 Å². The number of aromatic nitrogens is 1. The Hall–Kier alpha value is -1.09. The second-order valence-electron chi connectivity index (χ2n) is 6.26. The molecular formula is C18H31N3. The predicted molar refractivity (Wildman–Crippen MR) is 90.8 cm³/mol. The van der Waals surface area contributed by atoms with Crippen molar-refractivity contribution >= 4 is 5.69 Å². The quantitative estimate of drug-likeness (QED) is 0.852. The van der Waals surface area contributed by atoms with Crippen LogP contribution >= 0.6 is 0 Å². The highest BCUT2D eigenvalue weighted by atomic mass is 15.1. The Bertz CT molecular complexity index is 397. The molecule has 0 aliphatic carbocycles. The van der Waals surface area contributed by atoms with Gasteiger partial charge in [-0.05, 0) is 50.8 Å².